The third-order valence-corrected chi connectivity index (χ3v) is 6.60. The van der Waals surface area contributed by atoms with Crippen LogP contribution in [0.15, 0.2) is 35.4 Å². The summed E-state index contributed by atoms with van der Waals surface area (Å²) >= 11 is 0. The minimum absolute atomic E-state index is 0. The van der Waals surface area contributed by atoms with Gasteiger partial charge in [0.25, 0.3) is 0 Å². The van der Waals surface area contributed by atoms with Crippen LogP contribution in [0.25, 0.3) is 10.9 Å². The van der Waals surface area contributed by atoms with Gasteiger partial charge in [-0.2, -0.15) is 4.31 Å². The van der Waals surface area contributed by atoms with Crippen molar-refractivity contribution in [2.24, 2.45) is 5.73 Å². The van der Waals surface area contributed by atoms with E-state index >= 15 is 0 Å². The molecular weight excluding hydrogens is 346 g/mol. The lowest BCUT2D eigenvalue weighted by atomic mass is 10.0. The summed E-state index contributed by atoms with van der Waals surface area (Å²) in [5, 5.41) is 0.699. The SMILES string of the molecule is Cc1ccc(S(=O)(=O)N2CCCCC2CCN)c2cccnc12.Cl. The molecule has 1 aliphatic rings. The van der Waals surface area contributed by atoms with Crippen LogP contribution >= 0.6 is 12.4 Å². The zero-order valence-electron chi connectivity index (χ0n) is 13.8. The highest BCUT2D eigenvalue weighted by atomic mass is 35.5. The molecule has 1 saturated heterocycles. The van der Waals surface area contributed by atoms with Crippen LogP contribution < -0.4 is 5.73 Å². The fourth-order valence-corrected chi connectivity index (χ4v) is 5.32. The van der Waals surface area contributed by atoms with E-state index in [4.69, 9.17) is 5.73 Å². The van der Waals surface area contributed by atoms with Crippen LogP contribution in [-0.4, -0.2) is 36.8 Å². The van der Waals surface area contributed by atoms with Gasteiger partial charge in [-0.1, -0.05) is 12.5 Å². The molecule has 1 fully saturated rings. The summed E-state index contributed by atoms with van der Waals surface area (Å²) in [5.41, 5.74) is 7.42. The van der Waals surface area contributed by atoms with E-state index in [0.717, 1.165) is 30.3 Å². The monoisotopic (exact) mass is 369 g/mol. The Labute approximate surface area is 149 Å². The molecule has 2 N–H and O–H groups in total. The van der Waals surface area contributed by atoms with Crippen molar-refractivity contribution >= 4 is 33.3 Å². The lowest BCUT2D eigenvalue weighted by Crippen LogP contribution is -2.44. The Morgan fingerprint density at radius 1 is 1.29 bits per heavy atom. The summed E-state index contributed by atoms with van der Waals surface area (Å²) in [7, 11) is -3.54. The number of halogens is 1. The summed E-state index contributed by atoms with van der Waals surface area (Å²) in [6.45, 7) is 3.03. The molecule has 0 amide bonds. The highest BCUT2D eigenvalue weighted by molar-refractivity contribution is 7.89. The first kappa shape index (κ1) is 19.1. The van der Waals surface area contributed by atoms with Crippen LogP contribution in [0.4, 0.5) is 0 Å². The van der Waals surface area contributed by atoms with E-state index in [-0.39, 0.29) is 18.4 Å². The van der Waals surface area contributed by atoms with Gasteiger partial charge in [-0.15, -0.1) is 12.4 Å². The van der Waals surface area contributed by atoms with Crippen LogP contribution in [0.2, 0.25) is 0 Å². The molecule has 1 unspecified atom stereocenters. The molecule has 1 aromatic carbocycles. The fourth-order valence-electron chi connectivity index (χ4n) is 3.41. The number of hydrogen-bond donors (Lipinski definition) is 1. The predicted octanol–water partition coefficient (Wildman–Crippen LogP) is 2.86. The van der Waals surface area contributed by atoms with Crippen LogP contribution in [0.3, 0.4) is 0 Å². The third-order valence-electron chi connectivity index (χ3n) is 4.59. The maximum Gasteiger partial charge on any atom is 0.243 e. The van der Waals surface area contributed by atoms with Crippen LogP contribution in [0.5, 0.6) is 0 Å². The van der Waals surface area contributed by atoms with Crippen LogP contribution in [0, 0.1) is 6.92 Å². The lowest BCUT2D eigenvalue weighted by molar-refractivity contribution is 0.243. The van der Waals surface area contributed by atoms with Gasteiger partial charge in [0.05, 0.1) is 10.4 Å². The number of benzene rings is 1. The first-order valence-corrected chi connectivity index (χ1v) is 9.56. The van der Waals surface area contributed by atoms with Crippen molar-refractivity contribution in [3.8, 4) is 0 Å². The molecule has 0 spiro atoms. The normalized spacial score (nSPS) is 19.2. The summed E-state index contributed by atoms with van der Waals surface area (Å²) in [6, 6.07) is 7.18. The van der Waals surface area contributed by atoms with E-state index in [9.17, 15) is 8.42 Å². The number of aryl methyl sites for hydroxylation is 1. The molecule has 0 bridgehead atoms. The van der Waals surface area contributed by atoms with Gasteiger partial charge in [0.1, 0.15) is 0 Å². The molecule has 7 heteroatoms. The van der Waals surface area contributed by atoms with E-state index in [1.54, 1.807) is 22.6 Å². The first-order chi connectivity index (χ1) is 11.1. The second-order valence-electron chi connectivity index (χ2n) is 6.12. The zero-order valence-corrected chi connectivity index (χ0v) is 15.4. The number of piperidine rings is 1. The zero-order chi connectivity index (χ0) is 16.4. The molecule has 2 heterocycles. The number of pyridine rings is 1. The second-order valence-corrected chi connectivity index (χ2v) is 7.98. The van der Waals surface area contributed by atoms with Crippen molar-refractivity contribution in [1.29, 1.82) is 0 Å². The van der Waals surface area contributed by atoms with Crippen molar-refractivity contribution in [3.05, 3.63) is 36.0 Å². The quantitative estimate of drug-likeness (QED) is 0.898. The Hall–Kier alpha value is -1.21. The van der Waals surface area contributed by atoms with Gasteiger partial charge in [-0.3, -0.25) is 4.98 Å². The standard InChI is InChI=1S/C17H23N3O2S.ClH/c1-13-7-8-16(15-6-4-11-19-17(13)15)23(21,22)20-12-3-2-5-14(20)9-10-18;/h4,6-8,11,14H,2-3,5,9-10,12,18H2,1H3;1H. The molecule has 1 aliphatic heterocycles. The summed E-state index contributed by atoms with van der Waals surface area (Å²) in [5.74, 6) is 0. The number of hydrogen-bond acceptors (Lipinski definition) is 4. The van der Waals surface area contributed by atoms with Gasteiger partial charge < -0.3 is 5.73 Å². The van der Waals surface area contributed by atoms with Crippen molar-refractivity contribution in [2.45, 2.75) is 43.5 Å². The van der Waals surface area contributed by atoms with Crippen LogP contribution in [-0.2, 0) is 10.0 Å². The van der Waals surface area contributed by atoms with E-state index in [1.165, 1.54) is 0 Å². The topological polar surface area (TPSA) is 76.3 Å². The smallest absolute Gasteiger partial charge is 0.243 e. The van der Waals surface area contributed by atoms with E-state index < -0.39 is 10.0 Å². The van der Waals surface area contributed by atoms with E-state index in [1.807, 2.05) is 19.1 Å². The number of fused-ring (bicyclic) bond motifs is 1. The van der Waals surface area contributed by atoms with E-state index in [2.05, 4.69) is 4.98 Å². The molecule has 24 heavy (non-hydrogen) atoms. The van der Waals surface area contributed by atoms with Crippen molar-refractivity contribution in [2.75, 3.05) is 13.1 Å². The third kappa shape index (κ3) is 3.42. The highest BCUT2D eigenvalue weighted by Crippen LogP contribution is 2.31. The van der Waals surface area contributed by atoms with Crippen molar-refractivity contribution in [3.63, 3.8) is 0 Å². The number of aromatic nitrogens is 1. The summed E-state index contributed by atoms with van der Waals surface area (Å²) in [6.07, 6.45) is 5.26. The molecule has 0 radical (unpaired) electrons. The van der Waals surface area contributed by atoms with Gasteiger partial charge in [-0.05, 0) is 56.5 Å². The Balaban J connectivity index is 0.00000208. The number of rotatable bonds is 4. The minimum atomic E-state index is -3.54. The van der Waals surface area contributed by atoms with E-state index in [0.29, 0.717) is 29.8 Å². The van der Waals surface area contributed by atoms with Gasteiger partial charge >= 0.3 is 0 Å². The molecule has 2 aromatic rings. The number of nitrogens with zero attached hydrogens (tertiary/aromatic N) is 2. The largest absolute Gasteiger partial charge is 0.330 e. The molecule has 3 rings (SSSR count). The Morgan fingerprint density at radius 2 is 2.08 bits per heavy atom. The average Bonchev–Trinajstić information content (AvgIpc) is 2.56. The van der Waals surface area contributed by atoms with Gasteiger partial charge in [0, 0.05) is 24.2 Å². The maximum absolute atomic E-state index is 13.3. The van der Waals surface area contributed by atoms with Crippen LogP contribution in [0.1, 0.15) is 31.2 Å². The Bertz CT molecular complexity index is 809. The van der Waals surface area contributed by atoms with Gasteiger partial charge in [-0.25, -0.2) is 8.42 Å². The molecule has 132 valence electrons. The lowest BCUT2D eigenvalue weighted by Gasteiger charge is -2.34. The first-order valence-electron chi connectivity index (χ1n) is 8.12. The average molecular weight is 370 g/mol. The molecule has 1 atom stereocenters. The molecule has 5 nitrogen and oxygen atoms in total. The van der Waals surface area contributed by atoms with Gasteiger partial charge in [0.2, 0.25) is 10.0 Å². The predicted molar refractivity (Wildman–Crippen MR) is 98.9 cm³/mol. The number of sulfonamides is 1. The Morgan fingerprint density at radius 3 is 2.83 bits per heavy atom. The summed E-state index contributed by atoms with van der Waals surface area (Å²) < 4.78 is 28.2. The fraction of sp³-hybridized carbons (Fsp3) is 0.471. The van der Waals surface area contributed by atoms with Crippen molar-refractivity contribution in [1.82, 2.24) is 9.29 Å². The Kier molecular flexibility index (Phi) is 6.20. The molecule has 0 saturated carbocycles. The minimum Gasteiger partial charge on any atom is -0.330 e. The summed E-state index contributed by atoms with van der Waals surface area (Å²) in [4.78, 5) is 4.71. The number of nitrogens with two attached hydrogens (primary N) is 1. The van der Waals surface area contributed by atoms with Gasteiger partial charge in [0.15, 0.2) is 0 Å². The second kappa shape index (κ2) is 7.78. The molecule has 0 aliphatic carbocycles. The highest BCUT2D eigenvalue weighted by Gasteiger charge is 2.34. The molecule has 1 aromatic heterocycles. The maximum atomic E-state index is 13.3. The van der Waals surface area contributed by atoms with Crippen molar-refractivity contribution < 1.29 is 8.42 Å². The molecular formula is C17H24ClN3O2S.